The second-order valence-corrected chi connectivity index (χ2v) is 10.4. The molecule has 33 heavy (non-hydrogen) atoms. The van der Waals surface area contributed by atoms with Crippen LogP contribution in [0, 0.1) is 0 Å². The van der Waals surface area contributed by atoms with Crippen LogP contribution in [0.2, 0.25) is 0 Å². The van der Waals surface area contributed by atoms with E-state index in [0.29, 0.717) is 6.54 Å². The summed E-state index contributed by atoms with van der Waals surface area (Å²) >= 11 is 1.62. The monoisotopic (exact) mass is 466 g/mol. The number of amides is 1. The fraction of sp³-hybridized carbons (Fsp3) is 0.385. The van der Waals surface area contributed by atoms with Gasteiger partial charge in [0.15, 0.2) is 0 Å². The Kier molecular flexibility index (Phi) is 6.43. The SMILES string of the molecule is COc1ccc2[nH]c(=O)c3c(c2c1-c1ccc(CCN(C)C(=O)OC(C)(C)C)cc1)CCS3. The normalized spacial score (nSPS) is 13.1. The lowest BCUT2D eigenvalue weighted by molar-refractivity contribution is 0.0301. The zero-order chi connectivity index (χ0) is 23.8. The summed E-state index contributed by atoms with van der Waals surface area (Å²) in [5, 5.41) is 1.06. The van der Waals surface area contributed by atoms with E-state index in [1.807, 2.05) is 32.9 Å². The van der Waals surface area contributed by atoms with Gasteiger partial charge in [0.05, 0.1) is 12.0 Å². The molecule has 0 unspecified atom stereocenters. The number of nitrogens with zero attached hydrogens (tertiary/aromatic N) is 1. The lowest BCUT2D eigenvalue weighted by atomic mass is 9.94. The number of methoxy groups -OCH3 is 1. The van der Waals surface area contributed by atoms with Gasteiger partial charge in [-0.05, 0) is 62.4 Å². The highest BCUT2D eigenvalue weighted by atomic mass is 32.2. The number of likely N-dealkylation sites (N-methyl/N-ethyl adjacent to an activating group) is 1. The van der Waals surface area contributed by atoms with Crippen molar-refractivity contribution in [2.24, 2.45) is 0 Å². The molecular formula is C26H30N2O4S. The predicted molar refractivity (Wildman–Crippen MR) is 134 cm³/mol. The molecule has 0 saturated heterocycles. The zero-order valence-corrected chi connectivity index (χ0v) is 20.6. The standard InChI is InChI=1S/C26H30N2O4S/c1-26(2,3)32-25(30)28(4)14-12-16-6-8-17(9-7-16)21-20(31-5)11-10-19-22(21)18-13-15-33-23(18)24(29)27-19/h6-11H,12-15H2,1-5H3,(H,27,29). The minimum atomic E-state index is -0.506. The number of thioether (sulfide) groups is 1. The van der Waals surface area contributed by atoms with Gasteiger partial charge in [-0.3, -0.25) is 4.79 Å². The number of pyridine rings is 1. The average Bonchev–Trinajstić information content (AvgIpc) is 3.27. The molecule has 4 rings (SSSR count). The van der Waals surface area contributed by atoms with Crippen LogP contribution in [0.5, 0.6) is 5.75 Å². The van der Waals surface area contributed by atoms with Gasteiger partial charge in [0.1, 0.15) is 11.4 Å². The van der Waals surface area contributed by atoms with Crippen LogP contribution in [0.1, 0.15) is 31.9 Å². The Morgan fingerprint density at radius 1 is 1.15 bits per heavy atom. The lowest BCUT2D eigenvalue weighted by Gasteiger charge is -2.24. The molecule has 3 aromatic rings. The van der Waals surface area contributed by atoms with Gasteiger partial charge in [0, 0.05) is 35.8 Å². The van der Waals surface area contributed by atoms with Gasteiger partial charge in [-0.2, -0.15) is 0 Å². The molecule has 2 aromatic carbocycles. The number of hydrogen-bond acceptors (Lipinski definition) is 5. The number of aromatic amines is 1. The average molecular weight is 467 g/mol. The van der Waals surface area contributed by atoms with E-state index in [2.05, 4.69) is 29.2 Å². The van der Waals surface area contributed by atoms with Crippen LogP contribution in [-0.2, 0) is 17.6 Å². The van der Waals surface area contributed by atoms with Gasteiger partial charge in [-0.15, -0.1) is 11.8 Å². The van der Waals surface area contributed by atoms with E-state index in [1.54, 1.807) is 30.8 Å². The summed E-state index contributed by atoms with van der Waals surface area (Å²) in [6.07, 6.45) is 1.28. The van der Waals surface area contributed by atoms with Gasteiger partial charge in [0.25, 0.3) is 5.56 Å². The molecular weight excluding hydrogens is 436 g/mol. The molecule has 1 aliphatic rings. The minimum absolute atomic E-state index is 0.0134. The highest BCUT2D eigenvalue weighted by Crippen LogP contribution is 2.42. The van der Waals surface area contributed by atoms with E-state index in [1.165, 1.54) is 0 Å². The third-order valence-electron chi connectivity index (χ3n) is 5.70. The third-order valence-corrected chi connectivity index (χ3v) is 6.83. The zero-order valence-electron chi connectivity index (χ0n) is 19.8. The fourth-order valence-corrected chi connectivity index (χ4v) is 5.17. The summed E-state index contributed by atoms with van der Waals surface area (Å²) in [6.45, 7) is 6.16. The first kappa shape index (κ1) is 23.2. The van der Waals surface area contributed by atoms with Crippen molar-refractivity contribution >= 4 is 28.8 Å². The summed E-state index contributed by atoms with van der Waals surface area (Å²) in [5.74, 6) is 1.70. The number of benzene rings is 2. The molecule has 1 aliphatic heterocycles. The van der Waals surface area contributed by atoms with Gasteiger partial charge in [-0.1, -0.05) is 24.3 Å². The maximum atomic E-state index is 12.5. The van der Waals surface area contributed by atoms with Gasteiger partial charge < -0.3 is 19.4 Å². The van der Waals surface area contributed by atoms with E-state index in [4.69, 9.17) is 9.47 Å². The highest BCUT2D eigenvalue weighted by Gasteiger charge is 2.23. The Hall–Kier alpha value is -2.93. The first-order chi connectivity index (χ1) is 15.7. The molecule has 2 heterocycles. The van der Waals surface area contributed by atoms with E-state index < -0.39 is 5.60 Å². The van der Waals surface area contributed by atoms with E-state index in [-0.39, 0.29) is 11.7 Å². The van der Waals surface area contributed by atoms with Crippen LogP contribution in [-0.4, -0.2) is 48.0 Å². The van der Waals surface area contributed by atoms with Crippen molar-refractivity contribution < 1.29 is 14.3 Å². The van der Waals surface area contributed by atoms with Crippen LogP contribution in [0.3, 0.4) is 0 Å². The largest absolute Gasteiger partial charge is 0.496 e. The van der Waals surface area contributed by atoms with E-state index in [9.17, 15) is 9.59 Å². The molecule has 0 bridgehead atoms. The molecule has 1 N–H and O–H groups in total. The third kappa shape index (κ3) is 4.88. The number of aryl methyl sites for hydroxylation is 1. The summed E-state index contributed by atoms with van der Waals surface area (Å²) < 4.78 is 11.1. The Bertz CT molecular complexity index is 1240. The van der Waals surface area contributed by atoms with Crippen molar-refractivity contribution in [1.82, 2.24) is 9.88 Å². The van der Waals surface area contributed by atoms with Gasteiger partial charge in [-0.25, -0.2) is 4.79 Å². The highest BCUT2D eigenvalue weighted by molar-refractivity contribution is 7.99. The van der Waals surface area contributed by atoms with Crippen LogP contribution in [0.25, 0.3) is 22.0 Å². The smallest absolute Gasteiger partial charge is 0.410 e. The minimum Gasteiger partial charge on any atom is -0.496 e. The fourth-order valence-electron chi connectivity index (χ4n) is 4.10. The second kappa shape index (κ2) is 9.14. The second-order valence-electron chi connectivity index (χ2n) is 9.27. The summed E-state index contributed by atoms with van der Waals surface area (Å²) in [5.41, 5.74) is 4.59. The van der Waals surface area contributed by atoms with E-state index >= 15 is 0 Å². The van der Waals surface area contributed by atoms with Gasteiger partial charge in [0.2, 0.25) is 0 Å². The summed E-state index contributed by atoms with van der Waals surface area (Å²) in [4.78, 5) is 30.1. The number of nitrogens with one attached hydrogen (secondary N) is 1. The predicted octanol–water partition coefficient (Wildman–Crippen LogP) is 5.26. The first-order valence-electron chi connectivity index (χ1n) is 11.1. The number of rotatable bonds is 5. The number of ether oxygens (including phenoxy) is 2. The molecule has 0 aliphatic carbocycles. The Morgan fingerprint density at radius 2 is 1.88 bits per heavy atom. The number of aromatic nitrogens is 1. The topological polar surface area (TPSA) is 71.6 Å². The van der Waals surface area contributed by atoms with Crippen LogP contribution < -0.4 is 10.3 Å². The Morgan fingerprint density at radius 3 is 2.55 bits per heavy atom. The number of carbonyl (C=O) groups excluding carboxylic acids is 1. The number of fused-ring (bicyclic) bond motifs is 3. The molecule has 0 saturated carbocycles. The summed E-state index contributed by atoms with van der Waals surface area (Å²) in [6, 6.07) is 12.2. The molecule has 7 heteroatoms. The number of H-pyrrole nitrogens is 1. The Labute approximate surface area is 198 Å². The molecule has 6 nitrogen and oxygen atoms in total. The van der Waals surface area contributed by atoms with Crippen LogP contribution in [0.15, 0.2) is 46.1 Å². The Balaban J connectivity index is 1.62. The van der Waals surface area contributed by atoms with Gasteiger partial charge >= 0.3 is 6.09 Å². The molecule has 0 radical (unpaired) electrons. The van der Waals surface area contributed by atoms with Crippen LogP contribution >= 0.6 is 11.8 Å². The van der Waals surface area contributed by atoms with Crippen molar-refractivity contribution in [3.63, 3.8) is 0 Å². The quantitative estimate of drug-likeness (QED) is 0.555. The molecule has 174 valence electrons. The van der Waals surface area contributed by atoms with E-state index in [0.717, 1.165) is 62.4 Å². The molecule has 0 fully saturated rings. The first-order valence-corrected chi connectivity index (χ1v) is 12.1. The number of carbonyl (C=O) groups is 1. The van der Waals surface area contributed by atoms with Crippen molar-refractivity contribution in [3.05, 3.63) is 57.9 Å². The van der Waals surface area contributed by atoms with Crippen molar-refractivity contribution in [1.29, 1.82) is 0 Å². The van der Waals surface area contributed by atoms with Crippen molar-refractivity contribution in [2.45, 2.75) is 44.1 Å². The maximum absolute atomic E-state index is 12.5. The lowest BCUT2D eigenvalue weighted by Crippen LogP contribution is -2.35. The molecule has 1 amide bonds. The number of hydrogen-bond donors (Lipinski definition) is 1. The van der Waals surface area contributed by atoms with Crippen molar-refractivity contribution in [2.75, 3.05) is 26.5 Å². The summed E-state index contributed by atoms with van der Waals surface area (Å²) in [7, 11) is 3.43. The van der Waals surface area contributed by atoms with Crippen molar-refractivity contribution in [3.8, 4) is 16.9 Å². The molecule has 0 atom stereocenters. The molecule has 0 spiro atoms. The van der Waals surface area contributed by atoms with Crippen LogP contribution in [0.4, 0.5) is 4.79 Å². The maximum Gasteiger partial charge on any atom is 0.410 e. The molecule has 1 aromatic heterocycles.